The second kappa shape index (κ2) is 10.5. The normalized spacial score (nSPS) is 29.9. The minimum absolute atomic E-state index is 0.114. The maximum Gasteiger partial charge on any atom is 0.410 e. The Hall–Kier alpha value is -3.07. The fourth-order valence-corrected chi connectivity index (χ4v) is 7.96. The number of piperidine rings is 1. The summed E-state index contributed by atoms with van der Waals surface area (Å²) in [6.45, 7) is 2.50. The molecule has 4 aliphatic carbocycles. The zero-order valence-electron chi connectivity index (χ0n) is 23.1. The average molecular weight is 536 g/mol. The fraction of sp³-hybridized carbons (Fsp3) is 0.633. The van der Waals surface area contributed by atoms with Crippen molar-refractivity contribution in [2.45, 2.75) is 63.2 Å². The summed E-state index contributed by atoms with van der Waals surface area (Å²) < 4.78 is 7.28. The summed E-state index contributed by atoms with van der Waals surface area (Å²) in [5.74, 6) is 2.60. The molecular weight excluding hydrogens is 494 g/mol. The van der Waals surface area contributed by atoms with Gasteiger partial charge in [0.05, 0.1) is 5.60 Å². The summed E-state index contributed by atoms with van der Waals surface area (Å²) in [7, 11) is 3.92. The highest BCUT2D eigenvalue weighted by atomic mass is 16.6. The molecule has 2 atom stereocenters. The third-order valence-corrected chi connectivity index (χ3v) is 9.63. The van der Waals surface area contributed by atoms with E-state index in [1.54, 1.807) is 9.58 Å². The summed E-state index contributed by atoms with van der Waals surface area (Å²) in [5.41, 5.74) is 0.933. The van der Waals surface area contributed by atoms with Crippen LogP contribution >= 0.6 is 0 Å². The Morgan fingerprint density at radius 1 is 1.13 bits per heavy atom. The topological polar surface area (TPSA) is 99.9 Å². The predicted octanol–water partition coefficient (Wildman–Crippen LogP) is 3.57. The van der Waals surface area contributed by atoms with E-state index in [1.807, 2.05) is 50.5 Å². The molecule has 2 unspecified atom stereocenters. The van der Waals surface area contributed by atoms with E-state index in [9.17, 15) is 14.7 Å². The number of aliphatic hydroxyl groups is 1. The second-order valence-electron chi connectivity index (χ2n) is 12.6. The molecule has 39 heavy (non-hydrogen) atoms. The number of amides is 2. The lowest BCUT2D eigenvalue weighted by molar-refractivity contribution is -0.136. The van der Waals surface area contributed by atoms with Crippen LogP contribution in [0, 0.1) is 23.7 Å². The van der Waals surface area contributed by atoms with Gasteiger partial charge in [0.1, 0.15) is 12.4 Å². The molecule has 2 aromatic rings. The zero-order valence-corrected chi connectivity index (χ0v) is 23.1. The van der Waals surface area contributed by atoms with E-state index in [1.165, 1.54) is 0 Å². The molecule has 4 saturated carbocycles. The number of aromatic nitrogens is 2. The number of carbonyl (C=O) groups excluding carboxylic acids is 2. The van der Waals surface area contributed by atoms with Gasteiger partial charge in [-0.2, -0.15) is 5.10 Å². The molecule has 0 spiro atoms. The van der Waals surface area contributed by atoms with Gasteiger partial charge < -0.3 is 25.0 Å². The van der Waals surface area contributed by atoms with Crippen molar-refractivity contribution < 1.29 is 19.4 Å². The molecule has 7 rings (SSSR count). The molecule has 5 fully saturated rings. The summed E-state index contributed by atoms with van der Waals surface area (Å²) in [6.07, 6.45) is 6.36. The Morgan fingerprint density at radius 3 is 2.49 bits per heavy atom. The average Bonchev–Trinajstić information content (AvgIpc) is 3.31. The van der Waals surface area contributed by atoms with Gasteiger partial charge in [-0.1, -0.05) is 30.3 Å². The third-order valence-electron chi connectivity index (χ3n) is 9.63. The van der Waals surface area contributed by atoms with E-state index in [-0.39, 0.29) is 18.0 Å². The van der Waals surface area contributed by atoms with Crippen molar-refractivity contribution in [1.82, 2.24) is 20.0 Å². The molecule has 4 bridgehead atoms. The number of aryl methyl sites for hydroxylation is 1. The van der Waals surface area contributed by atoms with Gasteiger partial charge in [0.15, 0.2) is 5.69 Å². The lowest BCUT2D eigenvalue weighted by atomic mass is 9.52. The Kier molecular flexibility index (Phi) is 7.04. The summed E-state index contributed by atoms with van der Waals surface area (Å²) >= 11 is 0. The summed E-state index contributed by atoms with van der Waals surface area (Å²) in [4.78, 5) is 29.7. The smallest absolute Gasteiger partial charge is 0.410 e. The van der Waals surface area contributed by atoms with E-state index < -0.39 is 5.60 Å². The van der Waals surface area contributed by atoms with Crippen molar-refractivity contribution >= 4 is 17.8 Å². The van der Waals surface area contributed by atoms with Crippen molar-refractivity contribution in [1.29, 1.82) is 0 Å². The SMILES string of the molecule is CN(CC1CCN(C(=O)OCc2ccccc2)CC1)c1cc(C(=O)N[C@H]2C3CC4CC2C[C@](O)(C4)C3)nn1C. The van der Waals surface area contributed by atoms with Crippen LogP contribution in [0.3, 0.4) is 0 Å². The molecule has 1 aliphatic heterocycles. The lowest BCUT2D eigenvalue weighted by Gasteiger charge is -2.58. The Labute approximate surface area is 230 Å². The molecule has 9 heteroatoms. The first-order valence-corrected chi connectivity index (χ1v) is 14.5. The van der Waals surface area contributed by atoms with Crippen LogP contribution in [-0.2, 0) is 18.4 Å². The van der Waals surface area contributed by atoms with Gasteiger partial charge in [0.25, 0.3) is 5.91 Å². The van der Waals surface area contributed by atoms with Gasteiger partial charge in [-0.15, -0.1) is 0 Å². The van der Waals surface area contributed by atoms with Crippen LogP contribution in [-0.4, -0.2) is 70.1 Å². The van der Waals surface area contributed by atoms with E-state index in [4.69, 9.17) is 4.74 Å². The number of hydrogen-bond donors (Lipinski definition) is 2. The van der Waals surface area contributed by atoms with E-state index in [0.717, 1.165) is 62.9 Å². The molecule has 1 saturated heterocycles. The van der Waals surface area contributed by atoms with Crippen molar-refractivity contribution in [3.8, 4) is 0 Å². The van der Waals surface area contributed by atoms with Crippen molar-refractivity contribution in [2.24, 2.45) is 30.7 Å². The first kappa shape index (κ1) is 26.2. The molecule has 2 N–H and O–H groups in total. The quantitative estimate of drug-likeness (QED) is 0.562. The van der Waals surface area contributed by atoms with Crippen LogP contribution in [0.25, 0.3) is 0 Å². The van der Waals surface area contributed by atoms with Crippen molar-refractivity contribution in [2.75, 3.05) is 31.6 Å². The van der Waals surface area contributed by atoms with Gasteiger partial charge >= 0.3 is 6.09 Å². The minimum atomic E-state index is -0.503. The number of likely N-dealkylation sites (tertiary alicyclic amines) is 1. The first-order valence-electron chi connectivity index (χ1n) is 14.5. The van der Waals surface area contributed by atoms with Gasteiger partial charge in [-0.25, -0.2) is 4.79 Å². The molecule has 1 aromatic carbocycles. The number of nitrogens with one attached hydrogen (secondary N) is 1. The Morgan fingerprint density at radius 2 is 1.82 bits per heavy atom. The van der Waals surface area contributed by atoms with Crippen LogP contribution in [0.1, 0.15) is 61.0 Å². The monoisotopic (exact) mass is 535 g/mol. The predicted molar refractivity (Wildman–Crippen MR) is 147 cm³/mol. The number of ether oxygens (including phenoxy) is 1. The number of nitrogens with zero attached hydrogens (tertiary/aromatic N) is 4. The highest BCUT2D eigenvalue weighted by Gasteiger charge is 2.55. The molecule has 9 nitrogen and oxygen atoms in total. The van der Waals surface area contributed by atoms with Crippen molar-refractivity contribution in [3.05, 3.63) is 47.7 Å². The van der Waals surface area contributed by atoms with Gasteiger partial charge in [-0.05, 0) is 74.2 Å². The van der Waals surface area contributed by atoms with Crippen LogP contribution in [0.4, 0.5) is 10.6 Å². The molecule has 210 valence electrons. The number of benzene rings is 1. The van der Waals surface area contributed by atoms with Crippen LogP contribution in [0.15, 0.2) is 36.4 Å². The molecule has 0 radical (unpaired) electrons. The maximum atomic E-state index is 13.2. The third kappa shape index (κ3) is 5.51. The number of carbonyl (C=O) groups is 2. The van der Waals surface area contributed by atoms with Gasteiger partial charge in [-0.3, -0.25) is 9.48 Å². The van der Waals surface area contributed by atoms with Gasteiger partial charge in [0, 0.05) is 45.8 Å². The Bertz CT molecular complexity index is 1180. The standard InChI is InChI=1S/C30H41N5O4/c1-33(18-20-8-10-35(11-9-20)29(37)39-19-21-6-4-3-5-7-21)26-14-25(32-34(26)2)28(36)31-27-23-12-22-13-24(27)17-30(38,15-22)16-23/h3-7,14,20,22-24,27,38H,8-13,15-19H2,1-2H3,(H,31,36)/t22?,23?,24?,27-,30-. The zero-order chi connectivity index (χ0) is 27.1. The molecule has 5 aliphatic rings. The highest BCUT2D eigenvalue weighted by molar-refractivity contribution is 5.93. The van der Waals surface area contributed by atoms with E-state index in [2.05, 4.69) is 15.3 Å². The van der Waals surface area contributed by atoms with Crippen LogP contribution in [0.5, 0.6) is 0 Å². The highest BCUT2D eigenvalue weighted by Crippen LogP contribution is 2.55. The molecule has 1 aromatic heterocycles. The first-order chi connectivity index (χ1) is 18.8. The van der Waals surface area contributed by atoms with E-state index in [0.29, 0.717) is 49.1 Å². The Balaban J connectivity index is 0.990. The summed E-state index contributed by atoms with van der Waals surface area (Å²) in [6, 6.07) is 11.8. The summed E-state index contributed by atoms with van der Waals surface area (Å²) in [5, 5.41) is 18.7. The van der Waals surface area contributed by atoms with Gasteiger partial charge in [0.2, 0.25) is 0 Å². The molecule has 2 amide bonds. The van der Waals surface area contributed by atoms with E-state index >= 15 is 0 Å². The van der Waals surface area contributed by atoms with Crippen molar-refractivity contribution in [3.63, 3.8) is 0 Å². The minimum Gasteiger partial charge on any atom is -0.445 e. The number of rotatable bonds is 7. The molecular formula is C30H41N5O4. The number of anilines is 1. The largest absolute Gasteiger partial charge is 0.445 e. The number of hydrogen-bond acceptors (Lipinski definition) is 6. The fourth-order valence-electron chi connectivity index (χ4n) is 7.96. The maximum absolute atomic E-state index is 13.2. The lowest BCUT2D eigenvalue weighted by Crippen LogP contribution is -2.61. The van der Waals surface area contributed by atoms with Crippen LogP contribution < -0.4 is 10.2 Å². The van der Waals surface area contributed by atoms with Crippen LogP contribution in [0.2, 0.25) is 0 Å². The molecule has 2 heterocycles. The second-order valence-corrected chi connectivity index (χ2v) is 12.6.